The zero-order valence-electron chi connectivity index (χ0n) is 16.7. The van der Waals surface area contributed by atoms with E-state index in [2.05, 4.69) is 37.4 Å². The highest BCUT2D eigenvalue weighted by Crippen LogP contribution is 2.49. The Balaban J connectivity index is 1.20. The number of nitrogens with one attached hydrogen (secondary N) is 1. The third-order valence-corrected chi connectivity index (χ3v) is 6.85. The Kier molecular flexibility index (Phi) is 4.44. The predicted molar refractivity (Wildman–Crippen MR) is 106 cm³/mol. The van der Waals surface area contributed by atoms with Crippen LogP contribution in [0.25, 0.3) is 11.2 Å². The third kappa shape index (κ3) is 3.33. The molecule has 1 N–H and O–H groups in total. The zero-order chi connectivity index (χ0) is 19.3. The van der Waals surface area contributed by atoms with E-state index >= 15 is 0 Å². The summed E-state index contributed by atoms with van der Waals surface area (Å²) < 4.78 is 1.68. The van der Waals surface area contributed by atoms with Crippen LogP contribution >= 0.6 is 0 Å². The van der Waals surface area contributed by atoms with Gasteiger partial charge in [0.05, 0.1) is 0 Å². The van der Waals surface area contributed by atoms with Crippen LogP contribution in [0.4, 0.5) is 5.82 Å². The first-order valence-corrected chi connectivity index (χ1v) is 10.7. The van der Waals surface area contributed by atoms with Crippen molar-refractivity contribution in [2.24, 2.45) is 30.7 Å². The summed E-state index contributed by atoms with van der Waals surface area (Å²) in [6.45, 7) is 4.02. The van der Waals surface area contributed by atoms with E-state index in [1.807, 2.05) is 7.05 Å². The van der Waals surface area contributed by atoms with Crippen molar-refractivity contribution in [3.8, 4) is 0 Å². The van der Waals surface area contributed by atoms with Gasteiger partial charge in [0, 0.05) is 32.1 Å². The second kappa shape index (κ2) is 6.97. The van der Waals surface area contributed by atoms with Crippen molar-refractivity contribution in [1.29, 1.82) is 0 Å². The van der Waals surface area contributed by atoms with Crippen LogP contribution in [-0.4, -0.2) is 50.0 Å². The standard InChI is InChI=1S/C20H29N7O/c1-12(23-20(28)16(14-3-4-14)15-5-6-15)13-7-9-27(10-8-13)19-17-18(21-11-22-19)26(2)25-24-17/h11-16H,3-10H2,1-2H3,(H,23,28)/t12-/m1/s1. The first-order valence-electron chi connectivity index (χ1n) is 10.7. The van der Waals surface area contributed by atoms with Gasteiger partial charge in [-0.2, -0.15) is 0 Å². The molecule has 28 heavy (non-hydrogen) atoms. The number of carbonyl (C=O) groups is 1. The van der Waals surface area contributed by atoms with Gasteiger partial charge in [-0.3, -0.25) is 4.79 Å². The Bertz CT molecular complexity index is 853. The second-order valence-corrected chi connectivity index (χ2v) is 8.90. The van der Waals surface area contributed by atoms with Crippen molar-refractivity contribution in [1.82, 2.24) is 30.3 Å². The van der Waals surface area contributed by atoms with E-state index in [4.69, 9.17) is 0 Å². The molecular weight excluding hydrogens is 354 g/mol. The minimum atomic E-state index is 0.233. The van der Waals surface area contributed by atoms with Crippen molar-refractivity contribution in [2.45, 2.75) is 51.5 Å². The summed E-state index contributed by atoms with van der Waals surface area (Å²) in [6.07, 6.45) is 8.67. The number of piperidine rings is 1. The number of amides is 1. The number of anilines is 1. The van der Waals surface area contributed by atoms with Crippen molar-refractivity contribution in [3.63, 3.8) is 0 Å². The molecular formula is C20H29N7O. The first kappa shape index (κ1) is 17.8. The van der Waals surface area contributed by atoms with E-state index in [-0.39, 0.29) is 12.0 Å². The first-order chi connectivity index (χ1) is 13.6. The van der Waals surface area contributed by atoms with Crippen LogP contribution in [0.2, 0.25) is 0 Å². The molecule has 3 heterocycles. The van der Waals surface area contributed by atoms with Crippen molar-refractivity contribution in [3.05, 3.63) is 6.33 Å². The van der Waals surface area contributed by atoms with E-state index < -0.39 is 0 Å². The van der Waals surface area contributed by atoms with Crippen LogP contribution in [0, 0.1) is 23.7 Å². The largest absolute Gasteiger partial charge is 0.355 e. The Hall–Kier alpha value is -2.25. The number of carbonyl (C=O) groups excluding carboxylic acids is 1. The summed E-state index contributed by atoms with van der Waals surface area (Å²) in [5, 5.41) is 11.7. The van der Waals surface area contributed by atoms with E-state index in [0.29, 0.717) is 23.7 Å². The number of hydrogen-bond donors (Lipinski definition) is 1. The number of aromatic nitrogens is 5. The summed E-state index contributed by atoms with van der Waals surface area (Å²) >= 11 is 0. The van der Waals surface area contributed by atoms with Gasteiger partial charge in [-0.1, -0.05) is 5.21 Å². The van der Waals surface area contributed by atoms with Crippen molar-refractivity contribution in [2.75, 3.05) is 18.0 Å². The summed E-state index contributed by atoms with van der Waals surface area (Å²) in [5.74, 6) is 3.31. The molecule has 0 spiro atoms. The van der Waals surface area contributed by atoms with Gasteiger partial charge in [0.2, 0.25) is 5.91 Å². The molecule has 2 aromatic rings. The van der Waals surface area contributed by atoms with Gasteiger partial charge in [-0.25, -0.2) is 14.6 Å². The molecule has 0 bridgehead atoms. The van der Waals surface area contributed by atoms with Gasteiger partial charge in [0.25, 0.3) is 0 Å². The monoisotopic (exact) mass is 383 g/mol. The van der Waals surface area contributed by atoms with Crippen LogP contribution < -0.4 is 10.2 Å². The Labute approximate surface area is 165 Å². The molecule has 150 valence electrons. The Morgan fingerprint density at radius 2 is 1.75 bits per heavy atom. The maximum atomic E-state index is 12.8. The predicted octanol–water partition coefficient (Wildman–Crippen LogP) is 1.92. The minimum absolute atomic E-state index is 0.233. The quantitative estimate of drug-likeness (QED) is 0.820. The molecule has 1 amide bonds. The van der Waals surface area contributed by atoms with Crippen LogP contribution in [0.5, 0.6) is 0 Å². The van der Waals surface area contributed by atoms with Crippen LogP contribution in [0.15, 0.2) is 6.33 Å². The van der Waals surface area contributed by atoms with Gasteiger partial charge in [0.15, 0.2) is 17.0 Å². The van der Waals surface area contributed by atoms with Crippen LogP contribution in [-0.2, 0) is 11.8 Å². The van der Waals surface area contributed by atoms with E-state index in [9.17, 15) is 4.79 Å². The van der Waals surface area contributed by atoms with E-state index in [1.165, 1.54) is 25.7 Å². The molecule has 8 nitrogen and oxygen atoms in total. The van der Waals surface area contributed by atoms with Gasteiger partial charge in [-0.05, 0) is 63.2 Å². The highest BCUT2D eigenvalue weighted by Gasteiger charge is 2.46. The molecule has 5 rings (SSSR count). The molecule has 3 fully saturated rings. The molecule has 1 aliphatic heterocycles. The topological polar surface area (TPSA) is 88.8 Å². The molecule has 0 unspecified atom stereocenters. The summed E-state index contributed by atoms with van der Waals surface area (Å²) in [5.41, 5.74) is 1.53. The smallest absolute Gasteiger partial charge is 0.223 e. The summed E-state index contributed by atoms with van der Waals surface area (Å²) in [7, 11) is 1.85. The van der Waals surface area contributed by atoms with Gasteiger partial charge >= 0.3 is 0 Å². The fourth-order valence-corrected chi connectivity index (χ4v) is 4.85. The lowest BCUT2D eigenvalue weighted by molar-refractivity contribution is -0.127. The molecule has 3 aliphatic rings. The maximum absolute atomic E-state index is 12.8. The number of fused-ring (bicyclic) bond motifs is 1. The highest BCUT2D eigenvalue weighted by molar-refractivity contribution is 5.82. The number of nitrogens with zero attached hydrogens (tertiary/aromatic N) is 6. The minimum Gasteiger partial charge on any atom is -0.355 e. The number of hydrogen-bond acceptors (Lipinski definition) is 6. The van der Waals surface area contributed by atoms with E-state index in [1.54, 1.807) is 11.0 Å². The van der Waals surface area contributed by atoms with Gasteiger partial charge in [-0.15, -0.1) is 5.10 Å². The van der Waals surface area contributed by atoms with Crippen molar-refractivity contribution < 1.29 is 4.79 Å². The SMILES string of the molecule is C[C@@H](NC(=O)C(C1CC1)C1CC1)C1CCN(c2ncnc3c2nnn3C)CC1. The van der Waals surface area contributed by atoms with Gasteiger partial charge in [0.1, 0.15) is 6.33 Å². The van der Waals surface area contributed by atoms with E-state index in [0.717, 1.165) is 42.9 Å². The molecule has 1 atom stereocenters. The molecule has 2 aromatic heterocycles. The molecule has 0 radical (unpaired) electrons. The average Bonchev–Trinajstić information content (AvgIpc) is 3.64. The zero-order valence-corrected chi connectivity index (χ0v) is 16.7. The second-order valence-electron chi connectivity index (χ2n) is 8.90. The molecule has 0 aromatic carbocycles. The number of aryl methyl sites for hydroxylation is 1. The third-order valence-electron chi connectivity index (χ3n) is 6.85. The molecule has 8 heteroatoms. The highest BCUT2D eigenvalue weighted by atomic mass is 16.2. The Morgan fingerprint density at radius 3 is 2.39 bits per heavy atom. The lowest BCUT2D eigenvalue weighted by atomic mass is 9.89. The summed E-state index contributed by atoms with van der Waals surface area (Å²) in [6, 6.07) is 0.233. The van der Waals surface area contributed by atoms with Crippen LogP contribution in [0.3, 0.4) is 0 Å². The lowest BCUT2D eigenvalue weighted by Gasteiger charge is -2.36. The summed E-state index contributed by atoms with van der Waals surface area (Å²) in [4.78, 5) is 23.9. The van der Waals surface area contributed by atoms with Gasteiger partial charge < -0.3 is 10.2 Å². The van der Waals surface area contributed by atoms with Crippen molar-refractivity contribution >= 4 is 22.9 Å². The average molecular weight is 384 g/mol. The fraction of sp³-hybridized carbons (Fsp3) is 0.750. The normalized spacial score (nSPS) is 22.0. The fourth-order valence-electron chi connectivity index (χ4n) is 4.85. The molecule has 2 aliphatic carbocycles. The Morgan fingerprint density at radius 1 is 1.07 bits per heavy atom. The lowest BCUT2D eigenvalue weighted by Crippen LogP contribution is -2.46. The molecule has 1 saturated heterocycles. The van der Waals surface area contributed by atoms with Crippen LogP contribution in [0.1, 0.15) is 45.4 Å². The number of rotatable bonds is 6. The molecule has 2 saturated carbocycles. The maximum Gasteiger partial charge on any atom is 0.223 e.